The van der Waals surface area contributed by atoms with E-state index in [1.807, 2.05) is 6.92 Å². The molecule has 16 heavy (non-hydrogen) atoms. The van der Waals surface area contributed by atoms with Crippen LogP contribution in [0, 0.1) is 6.92 Å². The topological polar surface area (TPSA) is 72.0 Å². The van der Waals surface area contributed by atoms with Gasteiger partial charge >= 0.3 is 0 Å². The minimum atomic E-state index is -3.10. The van der Waals surface area contributed by atoms with Crippen LogP contribution in [0.25, 0.3) is 0 Å². The van der Waals surface area contributed by atoms with Gasteiger partial charge in [-0.15, -0.1) is 0 Å². The van der Waals surface area contributed by atoms with Gasteiger partial charge in [0.1, 0.15) is 0 Å². The fourth-order valence-corrected chi connectivity index (χ4v) is 1.29. The predicted molar refractivity (Wildman–Crippen MR) is 64.2 cm³/mol. The molecule has 1 rings (SSSR count). The average molecular weight is 243 g/mol. The number of sulfone groups is 1. The zero-order valence-corrected chi connectivity index (χ0v) is 10.8. The molecule has 1 heterocycles. The van der Waals surface area contributed by atoms with Crippen molar-refractivity contribution in [1.29, 1.82) is 0 Å². The molecule has 0 atom stereocenters. The third-order valence-corrected chi connectivity index (χ3v) is 4.62. The molecular weight excluding hydrogens is 226 g/mol. The number of rotatable bonds is 4. The fraction of sp³-hybridized carbons (Fsp3) is 0.600. The van der Waals surface area contributed by atoms with Crippen LogP contribution in [-0.2, 0) is 9.84 Å². The van der Waals surface area contributed by atoms with E-state index in [1.165, 1.54) is 6.26 Å². The first kappa shape index (κ1) is 12.9. The van der Waals surface area contributed by atoms with E-state index >= 15 is 0 Å². The summed E-state index contributed by atoms with van der Waals surface area (Å²) in [5.74, 6) is 0.455. The summed E-state index contributed by atoms with van der Waals surface area (Å²) >= 11 is 0. The maximum atomic E-state index is 11.5. The first-order valence-corrected chi connectivity index (χ1v) is 6.85. The Morgan fingerprint density at radius 2 is 2.06 bits per heavy atom. The second-order valence-electron chi connectivity index (χ2n) is 4.41. The SMILES string of the molecule is Cc1ccnc(NCC(C)(C)S(C)(=O)=O)n1. The van der Waals surface area contributed by atoms with E-state index in [0.717, 1.165) is 5.69 Å². The summed E-state index contributed by atoms with van der Waals surface area (Å²) in [6.07, 6.45) is 2.86. The monoisotopic (exact) mass is 243 g/mol. The van der Waals surface area contributed by atoms with Gasteiger partial charge in [-0.2, -0.15) is 0 Å². The summed E-state index contributed by atoms with van der Waals surface area (Å²) in [5, 5.41) is 2.93. The molecule has 0 aliphatic rings. The van der Waals surface area contributed by atoms with Gasteiger partial charge in [0.15, 0.2) is 9.84 Å². The van der Waals surface area contributed by atoms with E-state index < -0.39 is 14.6 Å². The standard InChI is InChI=1S/C10H17N3O2S/c1-8-5-6-11-9(13-8)12-7-10(2,3)16(4,14)15/h5-6H,7H2,1-4H3,(H,11,12,13). The lowest BCUT2D eigenvalue weighted by molar-refractivity contribution is 0.559. The Balaban J connectivity index is 2.72. The van der Waals surface area contributed by atoms with E-state index in [-0.39, 0.29) is 6.54 Å². The predicted octanol–water partition coefficient (Wildman–Crippen LogP) is 1.02. The number of hydrogen-bond acceptors (Lipinski definition) is 5. The van der Waals surface area contributed by atoms with E-state index in [1.54, 1.807) is 26.1 Å². The molecule has 0 fully saturated rings. The summed E-state index contributed by atoms with van der Waals surface area (Å²) in [6.45, 7) is 5.49. The van der Waals surface area contributed by atoms with Gasteiger partial charge in [0.2, 0.25) is 5.95 Å². The molecule has 0 bridgehead atoms. The van der Waals surface area contributed by atoms with Crippen LogP contribution in [0.3, 0.4) is 0 Å². The highest BCUT2D eigenvalue weighted by molar-refractivity contribution is 7.92. The molecular formula is C10H17N3O2S. The molecule has 1 aromatic heterocycles. The van der Waals surface area contributed by atoms with Gasteiger partial charge in [-0.3, -0.25) is 0 Å². The molecule has 90 valence electrons. The third kappa shape index (κ3) is 3.16. The maximum Gasteiger partial charge on any atom is 0.222 e. The third-order valence-electron chi connectivity index (χ3n) is 2.47. The summed E-state index contributed by atoms with van der Waals surface area (Å²) in [6, 6.07) is 1.78. The van der Waals surface area contributed by atoms with Crippen molar-refractivity contribution in [3.8, 4) is 0 Å². The molecule has 0 aromatic carbocycles. The quantitative estimate of drug-likeness (QED) is 0.854. The second kappa shape index (κ2) is 4.37. The molecule has 6 heteroatoms. The molecule has 0 amide bonds. The van der Waals surface area contributed by atoms with Gasteiger partial charge < -0.3 is 5.32 Å². The lowest BCUT2D eigenvalue weighted by Gasteiger charge is -2.22. The van der Waals surface area contributed by atoms with Crippen LogP contribution in [0.2, 0.25) is 0 Å². The smallest absolute Gasteiger partial charge is 0.222 e. The molecule has 1 N–H and O–H groups in total. The van der Waals surface area contributed by atoms with Crippen molar-refractivity contribution in [2.45, 2.75) is 25.5 Å². The molecule has 1 aromatic rings. The Morgan fingerprint density at radius 3 is 2.56 bits per heavy atom. The van der Waals surface area contributed by atoms with Crippen molar-refractivity contribution in [3.63, 3.8) is 0 Å². The zero-order chi connectivity index (χ0) is 12.4. The van der Waals surface area contributed by atoms with Gasteiger partial charge in [-0.05, 0) is 26.8 Å². The fourth-order valence-electron chi connectivity index (χ4n) is 0.957. The van der Waals surface area contributed by atoms with Crippen LogP contribution < -0.4 is 5.32 Å². The first-order chi connectivity index (χ1) is 7.22. The van der Waals surface area contributed by atoms with Crippen LogP contribution in [0.15, 0.2) is 12.3 Å². The lowest BCUT2D eigenvalue weighted by Crippen LogP contribution is -2.38. The summed E-state index contributed by atoms with van der Waals surface area (Å²) in [7, 11) is -3.10. The first-order valence-electron chi connectivity index (χ1n) is 4.95. The van der Waals surface area contributed by atoms with Crippen LogP contribution in [0.1, 0.15) is 19.5 Å². The normalized spacial score (nSPS) is 12.5. The Kier molecular flexibility index (Phi) is 3.52. The van der Waals surface area contributed by atoms with Crippen molar-refractivity contribution < 1.29 is 8.42 Å². The number of aromatic nitrogens is 2. The molecule has 0 aliphatic carbocycles. The summed E-state index contributed by atoms with van der Waals surface area (Å²) < 4.78 is 22.1. The molecule has 0 spiro atoms. The maximum absolute atomic E-state index is 11.5. The minimum absolute atomic E-state index is 0.287. The minimum Gasteiger partial charge on any atom is -0.353 e. The van der Waals surface area contributed by atoms with Crippen LogP contribution in [-0.4, -0.2) is 35.9 Å². The number of hydrogen-bond donors (Lipinski definition) is 1. The molecule has 0 unspecified atom stereocenters. The van der Waals surface area contributed by atoms with E-state index in [4.69, 9.17) is 0 Å². The van der Waals surface area contributed by atoms with Gasteiger partial charge in [-0.25, -0.2) is 18.4 Å². The largest absolute Gasteiger partial charge is 0.353 e. The van der Waals surface area contributed by atoms with E-state index in [2.05, 4.69) is 15.3 Å². The number of anilines is 1. The Hall–Kier alpha value is -1.17. The van der Waals surface area contributed by atoms with Gasteiger partial charge in [0.05, 0.1) is 4.75 Å². The van der Waals surface area contributed by atoms with Crippen molar-refractivity contribution in [3.05, 3.63) is 18.0 Å². The van der Waals surface area contributed by atoms with Crippen LogP contribution >= 0.6 is 0 Å². The van der Waals surface area contributed by atoms with Gasteiger partial charge in [0.25, 0.3) is 0 Å². The Morgan fingerprint density at radius 1 is 1.44 bits per heavy atom. The average Bonchev–Trinajstić information content (AvgIpc) is 2.13. The Labute approximate surface area is 96.2 Å². The van der Waals surface area contributed by atoms with Crippen molar-refractivity contribution in [2.24, 2.45) is 0 Å². The highest BCUT2D eigenvalue weighted by Crippen LogP contribution is 2.15. The Bertz CT molecular complexity index is 469. The summed E-state index contributed by atoms with van der Waals surface area (Å²) in [4.78, 5) is 8.15. The van der Waals surface area contributed by atoms with Gasteiger partial charge in [-0.1, -0.05) is 0 Å². The lowest BCUT2D eigenvalue weighted by atomic mass is 10.2. The number of aryl methyl sites for hydroxylation is 1. The number of nitrogens with zero attached hydrogens (tertiary/aromatic N) is 2. The van der Waals surface area contributed by atoms with Crippen molar-refractivity contribution >= 4 is 15.8 Å². The van der Waals surface area contributed by atoms with Gasteiger partial charge in [0, 0.05) is 24.7 Å². The van der Waals surface area contributed by atoms with E-state index in [9.17, 15) is 8.42 Å². The molecule has 0 saturated heterocycles. The van der Waals surface area contributed by atoms with Crippen molar-refractivity contribution in [1.82, 2.24) is 9.97 Å². The van der Waals surface area contributed by atoms with E-state index in [0.29, 0.717) is 5.95 Å². The second-order valence-corrected chi connectivity index (χ2v) is 7.06. The zero-order valence-electron chi connectivity index (χ0n) is 9.98. The molecule has 0 aliphatic heterocycles. The molecule has 0 radical (unpaired) electrons. The number of nitrogens with one attached hydrogen (secondary N) is 1. The summed E-state index contributed by atoms with van der Waals surface area (Å²) in [5.41, 5.74) is 0.842. The highest BCUT2D eigenvalue weighted by Gasteiger charge is 2.29. The molecule has 5 nitrogen and oxygen atoms in total. The van der Waals surface area contributed by atoms with Crippen LogP contribution in [0.4, 0.5) is 5.95 Å². The van der Waals surface area contributed by atoms with Crippen molar-refractivity contribution in [2.75, 3.05) is 18.1 Å². The molecule has 0 saturated carbocycles. The van der Waals surface area contributed by atoms with Crippen LogP contribution in [0.5, 0.6) is 0 Å². The highest BCUT2D eigenvalue weighted by atomic mass is 32.2.